The van der Waals surface area contributed by atoms with Crippen molar-refractivity contribution >= 4 is 32.8 Å². The number of carbonyl (C=O) groups is 1. The highest BCUT2D eigenvalue weighted by Gasteiger charge is 2.07. The Bertz CT molecular complexity index is 490. The highest BCUT2D eigenvalue weighted by Crippen LogP contribution is 2.23. The minimum atomic E-state index is -0.814. The molecule has 2 aromatic rings. The van der Waals surface area contributed by atoms with E-state index in [-0.39, 0.29) is 6.42 Å². The number of halogens is 1. The van der Waals surface area contributed by atoms with Crippen LogP contribution in [0.15, 0.2) is 28.9 Å². The van der Waals surface area contributed by atoms with E-state index in [1.54, 1.807) is 0 Å². The third-order valence-electron chi connectivity index (χ3n) is 2.06. The van der Waals surface area contributed by atoms with Gasteiger partial charge in [0.25, 0.3) is 0 Å². The van der Waals surface area contributed by atoms with Gasteiger partial charge in [0.2, 0.25) is 0 Å². The van der Waals surface area contributed by atoms with E-state index < -0.39 is 5.97 Å². The second-order valence-electron chi connectivity index (χ2n) is 3.07. The first-order chi connectivity index (χ1) is 6.66. The van der Waals surface area contributed by atoms with Gasteiger partial charge in [0.05, 0.1) is 6.42 Å². The van der Waals surface area contributed by atoms with E-state index in [9.17, 15) is 4.79 Å². The summed E-state index contributed by atoms with van der Waals surface area (Å²) in [6.45, 7) is 0. The molecule has 0 bridgehead atoms. The molecule has 0 amide bonds. The van der Waals surface area contributed by atoms with Crippen molar-refractivity contribution in [1.29, 1.82) is 0 Å². The smallest absolute Gasteiger partial charge is 0.307 e. The number of carboxylic acid groups (broad SMARTS) is 1. The molecule has 3 nitrogen and oxygen atoms in total. The molecule has 1 aromatic heterocycles. The third-order valence-corrected chi connectivity index (χ3v) is 2.52. The Labute approximate surface area is 88.9 Å². The first-order valence-electron chi connectivity index (χ1n) is 4.14. The topological polar surface area (TPSA) is 53.1 Å². The van der Waals surface area contributed by atoms with Crippen molar-refractivity contribution in [2.24, 2.45) is 0 Å². The lowest BCUT2D eigenvalue weighted by atomic mass is 10.1. The van der Waals surface area contributed by atoms with Gasteiger partial charge in [-0.1, -0.05) is 15.9 Å². The SMILES string of the molecule is O=C(O)Cc1cc(Br)cc2[nH]ccc12. The minimum absolute atomic E-state index is 0.0494. The Morgan fingerprint density at radius 2 is 2.29 bits per heavy atom. The summed E-state index contributed by atoms with van der Waals surface area (Å²) in [6.07, 6.45) is 1.86. The van der Waals surface area contributed by atoms with Gasteiger partial charge in [0.15, 0.2) is 0 Å². The maximum Gasteiger partial charge on any atom is 0.307 e. The summed E-state index contributed by atoms with van der Waals surface area (Å²) in [5.41, 5.74) is 1.78. The molecule has 2 rings (SSSR count). The number of fused-ring (bicyclic) bond motifs is 1. The zero-order valence-electron chi connectivity index (χ0n) is 7.25. The lowest BCUT2D eigenvalue weighted by molar-refractivity contribution is -0.136. The first-order valence-corrected chi connectivity index (χ1v) is 4.93. The van der Waals surface area contributed by atoms with Crippen LogP contribution < -0.4 is 0 Å². The van der Waals surface area contributed by atoms with Crippen LogP contribution in [-0.4, -0.2) is 16.1 Å². The highest BCUT2D eigenvalue weighted by molar-refractivity contribution is 9.10. The molecule has 2 N–H and O–H groups in total. The highest BCUT2D eigenvalue weighted by atomic mass is 79.9. The van der Waals surface area contributed by atoms with E-state index in [2.05, 4.69) is 20.9 Å². The van der Waals surface area contributed by atoms with E-state index in [4.69, 9.17) is 5.11 Å². The number of H-pyrrole nitrogens is 1. The number of hydrogen-bond donors (Lipinski definition) is 2. The predicted octanol–water partition coefficient (Wildman–Crippen LogP) is 2.56. The van der Waals surface area contributed by atoms with Crippen LogP contribution in [0, 0.1) is 0 Å². The van der Waals surface area contributed by atoms with Crippen LogP contribution in [0.25, 0.3) is 10.9 Å². The van der Waals surface area contributed by atoms with Crippen molar-refractivity contribution < 1.29 is 9.90 Å². The van der Waals surface area contributed by atoms with Gasteiger partial charge in [-0.25, -0.2) is 0 Å². The molecule has 0 aliphatic carbocycles. The maximum absolute atomic E-state index is 10.6. The van der Waals surface area contributed by atoms with Crippen LogP contribution in [0.2, 0.25) is 0 Å². The fourth-order valence-electron chi connectivity index (χ4n) is 1.51. The molecule has 72 valence electrons. The molecule has 0 saturated carbocycles. The van der Waals surface area contributed by atoms with Gasteiger partial charge in [0, 0.05) is 21.6 Å². The largest absolute Gasteiger partial charge is 0.481 e. The van der Waals surface area contributed by atoms with Gasteiger partial charge in [-0.2, -0.15) is 0 Å². The van der Waals surface area contributed by atoms with Crippen LogP contribution in [-0.2, 0) is 11.2 Å². The van der Waals surface area contributed by atoms with Crippen molar-refractivity contribution in [2.75, 3.05) is 0 Å². The van der Waals surface area contributed by atoms with Crippen LogP contribution in [0.4, 0.5) is 0 Å². The maximum atomic E-state index is 10.6. The summed E-state index contributed by atoms with van der Waals surface area (Å²) < 4.78 is 0.892. The number of aliphatic carboxylic acids is 1. The number of nitrogens with one attached hydrogen (secondary N) is 1. The van der Waals surface area contributed by atoms with Crippen molar-refractivity contribution in [3.63, 3.8) is 0 Å². The van der Waals surface area contributed by atoms with Gasteiger partial charge in [-0.05, 0) is 23.8 Å². The number of benzene rings is 1. The second kappa shape index (κ2) is 3.46. The summed E-state index contributed by atoms with van der Waals surface area (Å²) in [5, 5.41) is 9.70. The molecule has 0 unspecified atom stereocenters. The molecule has 0 aliphatic rings. The fraction of sp³-hybridized carbons (Fsp3) is 0.100. The zero-order chi connectivity index (χ0) is 10.1. The number of rotatable bonds is 2. The van der Waals surface area contributed by atoms with Gasteiger partial charge in [-0.15, -0.1) is 0 Å². The molecular weight excluding hydrogens is 246 g/mol. The van der Waals surface area contributed by atoms with E-state index in [1.807, 2.05) is 24.4 Å². The Morgan fingerprint density at radius 3 is 3.00 bits per heavy atom. The minimum Gasteiger partial charge on any atom is -0.481 e. The van der Waals surface area contributed by atoms with Gasteiger partial charge in [-0.3, -0.25) is 4.79 Å². The van der Waals surface area contributed by atoms with Crippen LogP contribution in [0.3, 0.4) is 0 Å². The lowest BCUT2D eigenvalue weighted by Gasteiger charge is -2.01. The number of aromatic amines is 1. The molecule has 0 aliphatic heterocycles. The van der Waals surface area contributed by atoms with E-state index in [0.717, 1.165) is 20.9 Å². The number of hydrogen-bond acceptors (Lipinski definition) is 1. The summed E-state index contributed by atoms with van der Waals surface area (Å²) in [4.78, 5) is 13.7. The standard InChI is InChI=1S/C10H8BrNO2/c11-7-3-6(4-10(13)14)8-1-2-12-9(8)5-7/h1-3,5,12H,4H2,(H,13,14). The summed E-state index contributed by atoms with van der Waals surface area (Å²) >= 11 is 3.34. The normalized spacial score (nSPS) is 10.6. The molecule has 0 atom stereocenters. The molecule has 4 heteroatoms. The Kier molecular flexibility index (Phi) is 2.29. The van der Waals surface area contributed by atoms with Crippen molar-refractivity contribution in [3.05, 3.63) is 34.4 Å². The van der Waals surface area contributed by atoms with Crippen molar-refractivity contribution in [3.8, 4) is 0 Å². The van der Waals surface area contributed by atoms with Crippen LogP contribution in [0.1, 0.15) is 5.56 Å². The number of aromatic nitrogens is 1. The third kappa shape index (κ3) is 1.65. The zero-order valence-corrected chi connectivity index (χ0v) is 8.84. The Balaban J connectivity index is 2.60. The molecule has 0 saturated heterocycles. The second-order valence-corrected chi connectivity index (χ2v) is 3.99. The van der Waals surface area contributed by atoms with Gasteiger partial charge in [0.1, 0.15) is 0 Å². The average molecular weight is 254 g/mol. The Hall–Kier alpha value is -1.29. The monoisotopic (exact) mass is 253 g/mol. The van der Waals surface area contributed by atoms with Gasteiger partial charge >= 0.3 is 5.97 Å². The molecule has 1 heterocycles. The summed E-state index contributed by atoms with van der Waals surface area (Å²) in [6, 6.07) is 5.66. The van der Waals surface area contributed by atoms with Crippen LogP contribution >= 0.6 is 15.9 Å². The fourth-order valence-corrected chi connectivity index (χ4v) is 2.02. The van der Waals surface area contributed by atoms with Gasteiger partial charge < -0.3 is 10.1 Å². The molecule has 14 heavy (non-hydrogen) atoms. The Morgan fingerprint density at radius 1 is 1.50 bits per heavy atom. The molecule has 0 spiro atoms. The quantitative estimate of drug-likeness (QED) is 0.865. The molecular formula is C10H8BrNO2. The molecule has 1 aromatic carbocycles. The summed E-state index contributed by atoms with van der Waals surface area (Å²) in [7, 11) is 0. The van der Waals surface area contributed by atoms with Crippen LogP contribution in [0.5, 0.6) is 0 Å². The average Bonchev–Trinajstić information content (AvgIpc) is 2.50. The van der Waals surface area contributed by atoms with E-state index >= 15 is 0 Å². The first kappa shape index (κ1) is 9.27. The predicted molar refractivity (Wildman–Crippen MR) is 57.3 cm³/mol. The lowest BCUT2D eigenvalue weighted by Crippen LogP contribution is -2.00. The molecule has 0 radical (unpaired) electrons. The van der Waals surface area contributed by atoms with Crippen molar-refractivity contribution in [1.82, 2.24) is 4.98 Å². The van der Waals surface area contributed by atoms with E-state index in [0.29, 0.717) is 0 Å². The summed E-state index contributed by atoms with van der Waals surface area (Å²) in [5.74, 6) is -0.814. The van der Waals surface area contributed by atoms with E-state index in [1.165, 1.54) is 0 Å². The molecule has 0 fully saturated rings. The number of carboxylic acids is 1. The van der Waals surface area contributed by atoms with Crippen molar-refractivity contribution in [2.45, 2.75) is 6.42 Å².